The molecular weight excluding hydrogens is 218 g/mol. The fraction of sp³-hybridized carbons (Fsp3) is 0.455. The Morgan fingerprint density at radius 1 is 1.18 bits per heavy atom. The molecule has 88 valence electrons. The second-order valence-corrected chi connectivity index (χ2v) is 4.17. The predicted octanol–water partition coefficient (Wildman–Crippen LogP) is 0.381. The molecule has 2 aromatic rings. The van der Waals surface area contributed by atoms with Crippen molar-refractivity contribution in [2.24, 2.45) is 0 Å². The third-order valence-corrected chi connectivity index (χ3v) is 2.95. The van der Waals surface area contributed by atoms with Crippen molar-refractivity contribution in [3.63, 3.8) is 0 Å². The van der Waals surface area contributed by atoms with Crippen molar-refractivity contribution in [2.75, 3.05) is 18.0 Å². The number of anilines is 1. The van der Waals surface area contributed by atoms with Gasteiger partial charge in [0.1, 0.15) is 6.33 Å². The van der Waals surface area contributed by atoms with Gasteiger partial charge < -0.3 is 10.0 Å². The van der Waals surface area contributed by atoms with Crippen LogP contribution in [0.5, 0.6) is 0 Å². The van der Waals surface area contributed by atoms with Gasteiger partial charge >= 0.3 is 0 Å². The first kappa shape index (κ1) is 10.3. The summed E-state index contributed by atoms with van der Waals surface area (Å²) in [7, 11) is 0. The standard InChI is InChI=1S/C11H13N5O/c17-8-2-1-5-16(6-8)11-9-10(14-7-15-11)13-4-3-12-9/h3-4,7-8,17H,1-2,5-6H2/t8-/m1/s1. The molecule has 1 N–H and O–H groups in total. The van der Waals surface area contributed by atoms with E-state index in [0.717, 1.165) is 25.2 Å². The first-order valence-electron chi connectivity index (χ1n) is 5.69. The van der Waals surface area contributed by atoms with Crippen LogP contribution >= 0.6 is 0 Å². The summed E-state index contributed by atoms with van der Waals surface area (Å²) < 4.78 is 0. The molecule has 0 amide bonds. The van der Waals surface area contributed by atoms with Crippen LogP contribution in [0.1, 0.15) is 12.8 Å². The van der Waals surface area contributed by atoms with Gasteiger partial charge in [-0.2, -0.15) is 0 Å². The minimum absolute atomic E-state index is 0.287. The zero-order valence-corrected chi connectivity index (χ0v) is 9.32. The minimum atomic E-state index is -0.287. The van der Waals surface area contributed by atoms with Crippen molar-refractivity contribution in [1.29, 1.82) is 0 Å². The Labute approximate surface area is 98.4 Å². The van der Waals surface area contributed by atoms with Gasteiger partial charge in [-0.25, -0.2) is 19.9 Å². The molecule has 0 unspecified atom stereocenters. The highest BCUT2D eigenvalue weighted by atomic mass is 16.3. The van der Waals surface area contributed by atoms with E-state index in [4.69, 9.17) is 0 Å². The lowest BCUT2D eigenvalue weighted by atomic mass is 10.1. The van der Waals surface area contributed by atoms with Crippen LogP contribution in [0, 0.1) is 0 Å². The van der Waals surface area contributed by atoms with Crippen molar-refractivity contribution in [3.05, 3.63) is 18.7 Å². The maximum atomic E-state index is 9.69. The van der Waals surface area contributed by atoms with Crippen molar-refractivity contribution >= 4 is 17.0 Å². The SMILES string of the molecule is O[C@@H]1CCCN(c2ncnc3nccnc23)C1. The number of fused-ring (bicyclic) bond motifs is 1. The molecule has 1 atom stereocenters. The molecule has 17 heavy (non-hydrogen) atoms. The van der Waals surface area contributed by atoms with E-state index in [0.29, 0.717) is 17.7 Å². The van der Waals surface area contributed by atoms with Gasteiger partial charge in [0.25, 0.3) is 0 Å². The Kier molecular flexibility index (Phi) is 2.56. The summed E-state index contributed by atoms with van der Waals surface area (Å²) in [5.41, 5.74) is 1.29. The molecule has 6 heteroatoms. The van der Waals surface area contributed by atoms with E-state index in [9.17, 15) is 5.11 Å². The zero-order valence-electron chi connectivity index (χ0n) is 9.32. The molecule has 0 bridgehead atoms. The monoisotopic (exact) mass is 231 g/mol. The van der Waals surface area contributed by atoms with Gasteiger partial charge in [-0.05, 0) is 12.8 Å². The number of β-amino-alcohol motifs (C(OH)–C–C–N with tert-alkyl or cyclic N) is 1. The van der Waals surface area contributed by atoms with Gasteiger partial charge in [0, 0.05) is 25.5 Å². The number of hydrogen-bond acceptors (Lipinski definition) is 6. The maximum Gasteiger partial charge on any atom is 0.183 e. The van der Waals surface area contributed by atoms with E-state index in [-0.39, 0.29) is 6.10 Å². The molecule has 1 saturated heterocycles. The quantitative estimate of drug-likeness (QED) is 0.764. The second kappa shape index (κ2) is 4.21. The second-order valence-electron chi connectivity index (χ2n) is 4.17. The van der Waals surface area contributed by atoms with Crippen LogP contribution in [-0.4, -0.2) is 44.2 Å². The largest absolute Gasteiger partial charge is 0.391 e. The molecule has 0 aliphatic carbocycles. The van der Waals surface area contributed by atoms with Crippen molar-refractivity contribution in [3.8, 4) is 0 Å². The highest BCUT2D eigenvalue weighted by molar-refractivity contribution is 5.82. The zero-order chi connectivity index (χ0) is 11.7. The summed E-state index contributed by atoms with van der Waals surface area (Å²) in [6, 6.07) is 0. The summed E-state index contributed by atoms with van der Waals surface area (Å²) in [6.07, 6.45) is 6.27. The third-order valence-electron chi connectivity index (χ3n) is 2.95. The number of piperidine rings is 1. The molecule has 0 aromatic carbocycles. The average Bonchev–Trinajstić information content (AvgIpc) is 2.38. The number of rotatable bonds is 1. The number of nitrogens with zero attached hydrogens (tertiary/aromatic N) is 5. The Balaban J connectivity index is 2.04. The van der Waals surface area contributed by atoms with E-state index in [1.807, 2.05) is 4.90 Å². The summed E-state index contributed by atoms with van der Waals surface area (Å²) >= 11 is 0. The highest BCUT2D eigenvalue weighted by Crippen LogP contribution is 2.22. The lowest BCUT2D eigenvalue weighted by Gasteiger charge is -2.31. The number of aliphatic hydroxyl groups excluding tert-OH is 1. The predicted molar refractivity (Wildman–Crippen MR) is 62.6 cm³/mol. The van der Waals surface area contributed by atoms with E-state index < -0.39 is 0 Å². The molecule has 0 radical (unpaired) electrons. The van der Waals surface area contributed by atoms with E-state index in [1.54, 1.807) is 12.4 Å². The van der Waals surface area contributed by atoms with Crippen LogP contribution in [0.25, 0.3) is 11.2 Å². The van der Waals surface area contributed by atoms with Gasteiger partial charge in [0.15, 0.2) is 17.0 Å². The highest BCUT2D eigenvalue weighted by Gasteiger charge is 2.21. The minimum Gasteiger partial charge on any atom is -0.391 e. The molecule has 3 heterocycles. The molecule has 2 aromatic heterocycles. The Bertz CT molecular complexity index is 527. The number of aliphatic hydroxyl groups is 1. The fourth-order valence-electron chi connectivity index (χ4n) is 2.16. The van der Waals surface area contributed by atoms with Crippen LogP contribution in [0.4, 0.5) is 5.82 Å². The normalized spacial score (nSPS) is 20.8. The van der Waals surface area contributed by atoms with Gasteiger partial charge in [-0.15, -0.1) is 0 Å². The molecule has 0 saturated carbocycles. The van der Waals surface area contributed by atoms with Crippen LogP contribution < -0.4 is 4.90 Å². The first-order chi connectivity index (χ1) is 8.34. The van der Waals surface area contributed by atoms with E-state index in [1.165, 1.54) is 6.33 Å². The molecule has 1 aliphatic rings. The number of hydrogen-bond donors (Lipinski definition) is 1. The molecular formula is C11H13N5O. The molecule has 1 fully saturated rings. The van der Waals surface area contributed by atoms with Crippen LogP contribution in [0.15, 0.2) is 18.7 Å². The van der Waals surface area contributed by atoms with Gasteiger partial charge in [-0.3, -0.25) is 0 Å². The van der Waals surface area contributed by atoms with Gasteiger partial charge in [-0.1, -0.05) is 0 Å². The lowest BCUT2D eigenvalue weighted by Crippen LogP contribution is -2.38. The Hall–Kier alpha value is -1.82. The molecule has 1 aliphatic heterocycles. The van der Waals surface area contributed by atoms with Crippen LogP contribution in [-0.2, 0) is 0 Å². The molecule has 3 rings (SSSR count). The smallest absolute Gasteiger partial charge is 0.183 e. The Morgan fingerprint density at radius 3 is 2.94 bits per heavy atom. The van der Waals surface area contributed by atoms with Crippen LogP contribution in [0.3, 0.4) is 0 Å². The van der Waals surface area contributed by atoms with Gasteiger partial charge in [0.2, 0.25) is 0 Å². The lowest BCUT2D eigenvalue weighted by molar-refractivity contribution is 0.154. The van der Waals surface area contributed by atoms with E-state index >= 15 is 0 Å². The van der Waals surface area contributed by atoms with E-state index in [2.05, 4.69) is 19.9 Å². The third kappa shape index (κ3) is 1.91. The Morgan fingerprint density at radius 2 is 2.06 bits per heavy atom. The van der Waals surface area contributed by atoms with Crippen molar-refractivity contribution in [2.45, 2.75) is 18.9 Å². The maximum absolute atomic E-state index is 9.69. The molecule has 6 nitrogen and oxygen atoms in total. The summed E-state index contributed by atoms with van der Waals surface area (Å²) in [4.78, 5) is 18.8. The van der Waals surface area contributed by atoms with Gasteiger partial charge in [0.05, 0.1) is 6.10 Å². The van der Waals surface area contributed by atoms with Crippen molar-refractivity contribution < 1.29 is 5.11 Å². The molecule has 0 spiro atoms. The first-order valence-corrected chi connectivity index (χ1v) is 5.69. The topological polar surface area (TPSA) is 75.0 Å². The summed E-state index contributed by atoms with van der Waals surface area (Å²) in [5.74, 6) is 0.766. The van der Waals surface area contributed by atoms with Crippen molar-refractivity contribution in [1.82, 2.24) is 19.9 Å². The number of aromatic nitrogens is 4. The fourth-order valence-corrected chi connectivity index (χ4v) is 2.16. The summed E-state index contributed by atoms with van der Waals surface area (Å²) in [6.45, 7) is 1.49. The average molecular weight is 231 g/mol. The van der Waals surface area contributed by atoms with Crippen LogP contribution in [0.2, 0.25) is 0 Å². The summed E-state index contributed by atoms with van der Waals surface area (Å²) in [5, 5.41) is 9.69.